The highest BCUT2D eigenvalue weighted by atomic mass is 16.5. The van der Waals surface area contributed by atoms with Gasteiger partial charge in [-0.05, 0) is 43.3 Å². The Kier molecular flexibility index (Phi) is 4.98. The van der Waals surface area contributed by atoms with Crippen LogP contribution in [0.1, 0.15) is 46.5 Å². The van der Waals surface area contributed by atoms with Crippen molar-refractivity contribution in [3.63, 3.8) is 0 Å². The third kappa shape index (κ3) is 3.49. The molecule has 2 unspecified atom stereocenters. The number of hydrogen-bond acceptors (Lipinski definition) is 2. The summed E-state index contributed by atoms with van der Waals surface area (Å²) in [7, 11) is 1.76. The normalized spacial score (nSPS) is 27.2. The molecule has 0 aromatic carbocycles. The molecule has 2 aliphatic rings. The molecule has 0 bridgehead atoms. The zero-order valence-corrected chi connectivity index (χ0v) is 13.1. The molecular weight excluding hydrogens is 248 g/mol. The number of carbonyl (C=O) groups excluding carboxylic acids is 1. The van der Waals surface area contributed by atoms with E-state index in [1.165, 1.54) is 16.7 Å². The molecule has 2 rings (SSSR count). The quantitative estimate of drug-likeness (QED) is 0.717. The van der Waals surface area contributed by atoms with Gasteiger partial charge in [-0.1, -0.05) is 37.6 Å². The molecule has 2 atom stereocenters. The topological polar surface area (TPSA) is 26.3 Å². The lowest BCUT2D eigenvalue weighted by Crippen LogP contribution is -2.22. The van der Waals surface area contributed by atoms with Crippen LogP contribution in [0, 0.1) is 11.8 Å². The van der Waals surface area contributed by atoms with Crippen LogP contribution >= 0.6 is 0 Å². The van der Waals surface area contributed by atoms with Gasteiger partial charge in [-0.3, -0.25) is 4.79 Å². The molecule has 0 saturated carbocycles. The number of ether oxygens (including phenoxy) is 1. The first-order valence-electron chi connectivity index (χ1n) is 7.64. The van der Waals surface area contributed by atoms with Crippen LogP contribution in [0.25, 0.3) is 0 Å². The van der Waals surface area contributed by atoms with E-state index in [0.29, 0.717) is 18.1 Å². The van der Waals surface area contributed by atoms with Crippen molar-refractivity contribution in [2.75, 3.05) is 7.11 Å². The van der Waals surface area contributed by atoms with E-state index < -0.39 is 0 Å². The molecule has 0 amide bonds. The van der Waals surface area contributed by atoms with E-state index >= 15 is 0 Å². The number of hydrogen-bond donors (Lipinski definition) is 0. The number of rotatable bonds is 4. The lowest BCUT2D eigenvalue weighted by molar-refractivity contribution is -0.122. The van der Waals surface area contributed by atoms with Crippen molar-refractivity contribution in [2.24, 2.45) is 11.8 Å². The highest BCUT2D eigenvalue weighted by molar-refractivity contribution is 5.84. The number of allylic oxidation sites excluding steroid dienone is 4. The fraction of sp³-hybridized carbons (Fsp3) is 0.611. The van der Waals surface area contributed by atoms with Crippen molar-refractivity contribution < 1.29 is 9.53 Å². The van der Waals surface area contributed by atoms with Crippen LogP contribution in [0.3, 0.4) is 0 Å². The van der Waals surface area contributed by atoms with E-state index in [4.69, 9.17) is 4.74 Å². The van der Waals surface area contributed by atoms with Gasteiger partial charge in [0.2, 0.25) is 0 Å². The van der Waals surface area contributed by atoms with Gasteiger partial charge in [-0.2, -0.15) is 0 Å². The SMILES string of the molecule is COC1C=C(C)C(CC2=CC(C(C)C)C(=O)CC2)=CC1. The summed E-state index contributed by atoms with van der Waals surface area (Å²) in [6.45, 7) is 6.43. The van der Waals surface area contributed by atoms with Crippen molar-refractivity contribution in [2.45, 2.75) is 52.6 Å². The molecule has 0 radical (unpaired) electrons. The molecule has 20 heavy (non-hydrogen) atoms. The van der Waals surface area contributed by atoms with Gasteiger partial charge < -0.3 is 4.74 Å². The first kappa shape index (κ1) is 15.2. The third-order valence-corrected chi connectivity index (χ3v) is 4.46. The molecule has 2 heteroatoms. The van der Waals surface area contributed by atoms with Gasteiger partial charge in [0.15, 0.2) is 0 Å². The van der Waals surface area contributed by atoms with Crippen LogP contribution in [0.5, 0.6) is 0 Å². The van der Waals surface area contributed by atoms with Crippen molar-refractivity contribution in [1.82, 2.24) is 0 Å². The predicted molar refractivity (Wildman–Crippen MR) is 82.5 cm³/mol. The number of carbonyl (C=O) groups is 1. The smallest absolute Gasteiger partial charge is 0.140 e. The maximum Gasteiger partial charge on any atom is 0.140 e. The van der Waals surface area contributed by atoms with E-state index in [-0.39, 0.29) is 12.0 Å². The molecule has 0 spiro atoms. The summed E-state index contributed by atoms with van der Waals surface area (Å²) in [6, 6.07) is 0. The second-order valence-electron chi connectivity index (χ2n) is 6.33. The molecular formula is C18H26O2. The lowest BCUT2D eigenvalue weighted by atomic mass is 9.80. The maximum absolute atomic E-state index is 11.9. The summed E-state index contributed by atoms with van der Waals surface area (Å²) in [5.74, 6) is 0.944. The largest absolute Gasteiger partial charge is 0.377 e. The third-order valence-electron chi connectivity index (χ3n) is 4.46. The first-order valence-corrected chi connectivity index (χ1v) is 7.64. The van der Waals surface area contributed by atoms with Crippen LogP contribution in [-0.4, -0.2) is 19.0 Å². The molecule has 0 aliphatic heterocycles. The van der Waals surface area contributed by atoms with Crippen molar-refractivity contribution in [1.29, 1.82) is 0 Å². The number of methoxy groups -OCH3 is 1. The Hall–Kier alpha value is -1.15. The van der Waals surface area contributed by atoms with E-state index in [2.05, 4.69) is 39.0 Å². The summed E-state index contributed by atoms with van der Waals surface area (Å²) in [4.78, 5) is 11.9. The highest BCUT2D eigenvalue weighted by Crippen LogP contribution is 2.32. The Labute approximate surface area is 122 Å². The molecule has 0 fully saturated rings. The average molecular weight is 274 g/mol. The van der Waals surface area contributed by atoms with Gasteiger partial charge in [-0.15, -0.1) is 0 Å². The first-order chi connectivity index (χ1) is 9.51. The second kappa shape index (κ2) is 6.53. The lowest BCUT2D eigenvalue weighted by Gasteiger charge is -2.25. The van der Waals surface area contributed by atoms with Crippen LogP contribution in [0.4, 0.5) is 0 Å². The Morgan fingerprint density at radius 3 is 2.65 bits per heavy atom. The van der Waals surface area contributed by atoms with E-state index in [9.17, 15) is 4.79 Å². The van der Waals surface area contributed by atoms with Crippen molar-refractivity contribution in [3.8, 4) is 0 Å². The van der Waals surface area contributed by atoms with E-state index in [1.807, 2.05) is 0 Å². The zero-order valence-electron chi connectivity index (χ0n) is 13.1. The minimum atomic E-state index is 0.124. The van der Waals surface area contributed by atoms with E-state index in [1.54, 1.807) is 7.11 Å². The van der Waals surface area contributed by atoms with Crippen molar-refractivity contribution in [3.05, 3.63) is 34.9 Å². The molecule has 110 valence electrons. The molecule has 2 nitrogen and oxygen atoms in total. The number of ketones is 1. The Bertz CT molecular complexity index is 466. The zero-order chi connectivity index (χ0) is 14.7. The van der Waals surface area contributed by atoms with Crippen LogP contribution in [-0.2, 0) is 9.53 Å². The molecule has 0 aromatic heterocycles. The van der Waals surface area contributed by atoms with Gasteiger partial charge in [0.25, 0.3) is 0 Å². The fourth-order valence-electron chi connectivity index (χ4n) is 3.09. The van der Waals surface area contributed by atoms with Gasteiger partial charge >= 0.3 is 0 Å². The van der Waals surface area contributed by atoms with Gasteiger partial charge in [0.1, 0.15) is 5.78 Å². The summed E-state index contributed by atoms with van der Waals surface area (Å²) >= 11 is 0. The summed E-state index contributed by atoms with van der Waals surface area (Å²) in [5.41, 5.74) is 4.15. The minimum absolute atomic E-state index is 0.124. The summed E-state index contributed by atoms with van der Waals surface area (Å²) < 4.78 is 5.38. The van der Waals surface area contributed by atoms with Gasteiger partial charge in [-0.25, -0.2) is 0 Å². The number of Topliss-reactive ketones (excluding diaryl/α,β-unsaturated/α-hetero) is 1. The molecule has 2 aliphatic carbocycles. The molecule has 0 N–H and O–H groups in total. The average Bonchev–Trinajstić information content (AvgIpc) is 2.42. The van der Waals surface area contributed by atoms with Crippen molar-refractivity contribution >= 4 is 5.78 Å². The van der Waals surface area contributed by atoms with Crippen LogP contribution in [0.15, 0.2) is 34.9 Å². The molecule has 0 heterocycles. The second-order valence-corrected chi connectivity index (χ2v) is 6.33. The molecule has 0 aromatic rings. The predicted octanol–water partition coefficient (Wildman–Crippen LogP) is 4.23. The molecule has 0 saturated heterocycles. The highest BCUT2D eigenvalue weighted by Gasteiger charge is 2.25. The van der Waals surface area contributed by atoms with Crippen LogP contribution < -0.4 is 0 Å². The standard InChI is InChI=1S/C18H26O2/c1-12(2)17-11-14(5-8-18(17)19)10-15-6-7-16(20-4)9-13(15)3/h6,9,11-12,16-17H,5,7-8,10H2,1-4H3. The maximum atomic E-state index is 11.9. The van der Waals surface area contributed by atoms with E-state index in [0.717, 1.165) is 19.3 Å². The van der Waals surface area contributed by atoms with Crippen LogP contribution in [0.2, 0.25) is 0 Å². The van der Waals surface area contributed by atoms with Gasteiger partial charge in [0, 0.05) is 19.4 Å². The Morgan fingerprint density at radius 1 is 1.30 bits per heavy atom. The minimum Gasteiger partial charge on any atom is -0.377 e. The monoisotopic (exact) mass is 274 g/mol. The summed E-state index contributed by atoms with van der Waals surface area (Å²) in [6.07, 6.45) is 10.6. The fourth-order valence-corrected chi connectivity index (χ4v) is 3.09. The van der Waals surface area contributed by atoms with Gasteiger partial charge in [0.05, 0.1) is 6.10 Å². The Balaban J connectivity index is 2.07. The Morgan fingerprint density at radius 2 is 2.05 bits per heavy atom. The summed E-state index contributed by atoms with van der Waals surface area (Å²) in [5, 5.41) is 0.